The molecule has 3 N–H and O–H groups in total. The lowest BCUT2D eigenvalue weighted by atomic mass is 9.95. The van der Waals surface area contributed by atoms with Crippen LogP contribution >= 0.6 is 0 Å². The van der Waals surface area contributed by atoms with E-state index in [0.717, 1.165) is 41.8 Å². The molecule has 6 heteroatoms. The van der Waals surface area contributed by atoms with Crippen molar-refractivity contribution in [3.63, 3.8) is 0 Å². The average molecular weight is 397 g/mol. The number of carbonyl (C=O) groups is 1. The summed E-state index contributed by atoms with van der Waals surface area (Å²) in [6, 6.07) is 9.43. The highest BCUT2D eigenvalue weighted by Crippen LogP contribution is 2.47. The van der Waals surface area contributed by atoms with Crippen LogP contribution in [0.3, 0.4) is 0 Å². The molecule has 4 rings (SSSR count). The predicted molar refractivity (Wildman–Crippen MR) is 110 cm³/mol. The van der Waals surface area contributed by atoms with Gasteiger partial charge in [-0.2, -0.15) is 0 Å². The average Bonchev–Trinajstić information content (AvgIpc) is 3.30. The second kappa shape index (κ2) is 7.85. The molecule has 6 nitrogen and oxygen atoms in total. The van der Waals surface area contributed by atoms with Gasteiger partial charge in [-0.05, 0) is 55.9 Å². The molecular formula is C23H27NO5. The number of carboxylic acid groups (broad SMARTS) is 1. The van der Waals surface area contributed by atoms with E-state index in [1.807, 2.05) is 24.3 Å². The number of nitrogens with two attached hydrogens (primary N) is 1. The molecule has 1 heterocycles. The highest BCUT2D eigenvalue weighted by atomic mass is 16.5. The molecule has 1 saturated carbocycles. The van der Waals surface area contributed by atoms with Crippen molar-refractivity contribution in [2.24, 2.45) is 0 Å². The molecule has 1 spiro atoms. The zero-order valence-electron chi connectivity index (χ0n) is 16.7. The van der Waals surface area contributed by atoms with Crippen LogP contribution in [0.5, 0.6) is 17.2 Å². The van der Waals surface area contributed by atoms with Crippen molar-refractivity contribution in [3.8, 4) is 17.2 Å². The van der Waals surface area contributed by atoms with Gasteiger partial charge in [-0.25, -0.2) is 0 Å². The Hall–Kier alpha value is -2.89. The van der Waals surface area contributed by atoms with Gasteiger partial charge in [0.1, 0.15) is 29.5 Å². The van der Waals surface area contributed by atoms with Gasteiger partial charge in [-0.15, -0.1) is 0 Å². The van der Waals surface area contributed by atoms with Crippen LogP contribution in [-0.4, -0.2) is 23.8 Å². The van der Waals surface area contributed by atoms with Gasteiger partial charge in [-0.1, -0.05) is 6.07 Å². The van der Waals surface area contributed by atoms with Crippen molar-refractivity contribution in [1.82, 2.24) is 0 Å². The van der Waals surface area contributed by atoms with Crippen molar-refractivity contribution in [1.29, 1.82) is 0 Å². The number of aryl methyl sites for hydroxylation is 1. The second-order valence-corrected chi connectivity index (χ2v) is 7.99. The molecule has 2 aliphatic rings. The molecule has 1 fully saturated rings. The molecule has 0 atom stereocenters. The van der Waals surface area contributed by atoms with E-state index in [-0.39, 0.29) is 12.0 Å². The van der Waals surface area contributed by atoms with E-state index in [0.29, 0.717) is 24.5 Å². The van der Waals surface area contributed by atoms with E-state index in [4.69, 9.17) is 25.1 Å². The minimum Gasteiger partial charge on any atom is -0.496 e. The third kappa shape index (κ3) is 4.11. The summed E-state index contributed by atoms with van der Waals surface area (Å²) >= 11 is 0. The summed E-state index contributed by atoms with van der Waals surface area (Å²) in [7, 11) is 1.57. The molecule has 2 aromatic carbocycles. The molecule has 154 valence electrons. The van der Waals surface area contributed by atoms with Gasteiger partial charge in [0, 0.05) is 35.7 Å². The lowest BCUT2D eigenvalue weighted by Crippen LogP contribution is -2.30. The summed E-state index contributed by atoms with van der Waals surface area (Å²) in [5, 5.41) is 8.89. The molecule has 0 bridgehead atoms. The molecule has 1 aliphatic carbocycles. The third-order valence-electron chi connectivity index (χ3n) is 5.87. The molecule has 0 saturated heterocycles. The minimum absolute atomic E-state index is 0.0557. The molecule has 0 amide bonds. The fourth-order valence-corrected chi connectivity index (χ4v) is 4.47. The van der Waals surface area contributed by atoms with Crippen LogP contribution in [0.25, 0.3) is 0 Å². The van der Waals surface area contributed by atoms with Crippen molar-refractivity contribution < 1.29 is 24.1 Å². The number of methoxy groups -OCH3 is 1. The zero-order valence-corrected chi connectivity index (χ0v) is 16.7. The number of fused-ring (bicyclic) bond motifs is 1. The second-order valence-electron chi connectivity index (χ2n) is 7.99. The Labute approximate surface area is 170 Å². The Morgan fingerprint density at radius 3 is 2.72 bits per heavy atom. The number of ether oxygens (including phenoxy) is 3. The Morgan fingerprint density at radius 1 is 1.21 bits per heavy atom. The summed E-state index contributed by atoms with van der Waals surface area (Å²) in [5.41, 5.74) is 9.78. The van der Waals surface area contributed by atoms with Gasteiger partial charge >= 0.3 is 5.97 Å². The molecule has 0 aromatic heterocycles. The monoisotopic (exact) mass is 397 g/mol. The van der Waals surface area contributed by atoms with Gasteiger partial charge in [-0.3, -0.25) is 4.79 Å². The van der Waals surface area contributed by atoms with Crippen LogP contribution < -0.4 is 19.9 Å². The number of aliphatic carboxylic acids is 1. The Kier molecular flexibility index (Phi) is 5.26. The first-order chi connectivity index (χ1) is 14.0. The normalized spacial score (nSPS) is 16.4. The van der Waals surface area contributed by atoms with Crippen LogP contribution in [0.15, 0.2) is 30.3 Å². The van der Waals surface area contributed by atoms with E-state index in [1.54, 1.807) is 13.2 Å². The van der Waals surface area contributed by atoms with Gasteiger partial charge in [0.05, 0.1) is 7.11 Å². The number of hydrogen-bond donors (Lipinski definition) is 2. The third-order valence-corrected chi connectivity index (χ3v) is 5.87. The van der Waals surface area contributed by atoms with Gasteiger partial charge < -0.3 is 25.1 Å². The van der Waals surface area contributed by atoms with Crippen molar-refractivity contribution in [2.45, 2.75) is 57.2 Å². The van der Waals surface area contributed by atoms with Crippen molar-refractivity contribution in [3.05, 3.63) is 47.0 Å². The highest BCUT2D eigenvalue weighted by Gasteiger charge is 2.42. The summed E-state index contributed by atoms with van der Waals surface area (Å²) < 4.78 is 17.9. The maximum Gasteiger partial charge on any atom is 0.303 e. The summed E-state index contributed by atoms with van der Waals surface area (Å²) in [6.07, 6.45) is 6.01. The standard InChI is InChI=1S/C23H27NO5/c1-27-20-12-19(6-4-15(20)5-7-21(25)26)28-14-17-11-18(24)10-16-13-23(29-22(16)17)8-2-3-9-23/h4,6,10-12H,2-3,5,7-9,13-14,24H2,1H3,(H,25,26). The van der Waals surface area contributed by atoms with E-state index in [1.165, 1.54) is 18.4 Å². The van der Waals surface area contributed by atoms with Gasteiger partial charge in [0.25, 0.3) is 0 Å². The van der Waals surface area contributed by atoms with Crippen LogP contribution in [-0.2, 0) is 24.2 Å². The first kappa shape index (κ1) is 19.4. The molecule has 2 aromatic rings. The minimum atomic E-state index is -0.831. The number of rotatable bonds is 7. The fraction of sp³-hybridized carbons (Fsp3) is 0.435. The van der Waals surface area contributed by atoms with Crippen LogP contribution in [0.4, 0.5) is 5.69 Å². The van der Waals surface area contributed by atoms with E-state index in [2.05, 4.69) is 0 Å². The first-order valence-electron chi connectivity index (χ1n) is 10.1. The SMILES string of the molecule is COc1cc(OCc2cc(N)cc3c2OC2(CCCC2)C3)ccc1CCC(=O)O. The van der Waals surface area contributed by atoms with Crippen molar-refractivity contribution in [2.75, 3.05) is 12.8 Å². The molecule has 1 aliphatic heterocycles. The Morgan fingerprint density at radius 2 is 2.00 bits per heavy atom. The number of anilines is 1. The van der Waals surface area contributed by atoms with E-state index < -0.39 is 5.97 Å². The topological polar surface area (TPSA) is 91.0 Å². The van der Waals surface area contributed by atoms with Crippen LogP contribution in [0.1, 0.15) is 48.8 Å². The summed E-state index contributed by atoms with van der Waals surface area (Å²) in [5.74, 6) is 1.38. The van der Waals surface area contributed by atoms with E-state index >= 15 is 0 Å². The molecule has 0 unspecified atom stereocenters. The quantitative estimate of drug-likeness (QED) is 0.683. The maximum absolute atomic E-state index is 10.8. The Balaban J connectivity index is 1.49. The van der Waals surface area contributed by atoms with E-state index in [9.17, 15) is 4.79 Å². The fourth-order valence-electron chi connectivity index (χ4n) is 4.47. The smallest absolute Gasteiger partial charge is 0.303 e. The summed E-state index contributed by atoms with van der Waals surface area (Å²) in [4.78, 5) is 10.8. The van der Waals surface area contributed by atoms with Crippen LogP contribution in [0, 0.1) is 0 Å². The molecule has 0 radical (unpaired) electrons. The van der Waals surface area contributed by atoms with Crippen molar-refractivity contribution >= 4 is 11.7 Å². The lowest BCUT2D eigenvalue weighted by Gasteiger charge is -2.23. The lowest BCUT2D eigenvalue weighted by molar-refractivity contribution is -0.136. The number of benzene rings is 2. The summed E-state index contributed by atoms with van der Waals surface area (Å²) in [6.45, 7) is 0.348. The Bertz CT molecular complexity index is 918. The first-order valence-corrected chi connectivity index (χ1v) is 10.1. The molecular weight excluding hydrogens is 370 g/mol. The van der Waals surface area contributed by atoms with Crippen LogP contribution in [0.2, 0.25) is 0 Å². The number of carboxylic acids is 1. The largest absolute Gasteiger partial charge is 0.496 e. The maximum atomic E-state index is 10.8. The number of hydrogen-bond acceptors (Lipinski definition) is 5. The molecule has 29 heavy (non-hydrogen) atoms. The predicted octanol–water partition coefficient (Wildman–Crippen LogP) is 4.12. The van der Waals surface area contributed by atoms with Gasteiger partial charge in [0.15, 0.2) is 0 Å². The van der Waals surface area contributed by atoms with Gasteiger partial charge in [0.2, 0.25) is 0 Å². The zero-order chi connectivity index (χ0) is 20.4. The highest BCUT2D eigenvalue weighted by molar-refractivity contribution is 5.67. The number of nitrogen functional groups attached to an aromatic ring is 1.